The van der Waals surface area contributed by atoms with Crippen LogP contribution in [0.15, 0.2) is 213 Å². The molecule has 0 saturated heterocycles. The summed E-state index contributed by atoms with van der Waals surface area (Å²) in [5, 5.41) is 2.30. The van der Waals surface area contributed by atoms with Crippen LogP contribution >= 0.6 is 0 Å². The van der Waals surface area contributed by atoms with Crippen molar-refractivity contribution in [2.45, 2.75) is 19.3 Å². The van der Waals surface area contributed by atoms with Gasteiger partial charge in [0.05, 0.1) is 0 Å². The summed E-state index contributed by atoms with van der Waals surface area (Å²) in [6.45, 7) is 4.55. The Kier molecular flexibility index (Phi) is 10.1. The van der Waals surface area contributed by atoms with Crippen LogP contribution in [-0.4, -0.2) is 18.7 Å². The molecule has 3 aromatic heterocycles. The molecule has 0 spiro atoms. The number of para-hydroxylation sites is 4. The van der Waals surface area contributed by atoms with Crippen molar-refractivity contribution in [3.8, 4) is 50.6 Å². The second kappa shape index (κ2) is 16.0. The minimum Gasteiger partial charge on any atom is -0.319 e. The Morgan fingerprint density at radius 3 is 1.76 bits per heavy atom. The van der Waals surface area contributed by atoms with E-state index in [1.54, 1.807) is 0 Å². The third kappa shape index (κ3) is 6.68. The molecule has 11 aromatic rings. The van der Waals surface area contributed by atoms with Crippen LogP contribution < -0.4 is 0 Å². The number of hydrogen-bond acceptors (Lipinski definition) is 1. The molecule has 0 atom stereocenters. The summed E-state index contributed by atoms with van der Waals surface area (Å²) in [5.74, 6) is 0.844. The molecule has 0 aliphatic rings. The van der Waals surface area contributed by atoms with E-state index in [-0.39, 0.29) is 21.1 Å². The van der Waals surface area contributed by atoms with Crippen LogP contribution in [0.1, 0.15) is 25.0 Å². The maximum atomic E-state index is 5.09. The first-order valence-electron chi connectivity index (χ1n) is 20.8. The zero-order valence-electron chi connectivity index (χ0n) is 34.3. The smallest absolute Gasteiger partial charge is 0.168 e. The van der Waals surface area contributed by atoms with E-state index in [2.05, 4.69) is 246 Å². The molecule has 11 rings (SSSR count). The second-order valence-electron chi connectivity index (χ2n) is 16.1. The minimum atomic E-state index is -0.432. The third-order valence-electron chi connectivity index (χ3n) is 12.1. The molecule has 0 aliphatic heterocycles. The van der Waals surface area contributed by atoms with Crippen LogP contribution in [0.4, 0.5) is 0 Å². The molecular formula is C57H41N4Pt-. The number of aromatic nitrogens is 4. The van der Waals surface area contributed by atoms with Gasteiger partial charge in [0.1, 0.15) is 11.5 Å². The van der Waals surface area contributed by atoms with Crippen LogP contribution in [-0.2, 0) is 26.5 Å². The van der Waals surface area contributed by atoms with Crippen molar-refractivity contribution >= 4 is 32.8 Å². The molecule has 0 aliphatic carbocycles. The van der Waals surface area contributed by atoms with E-state index in [1.807, 2.05) is 6.20 Å². The molecule has 0 amide bonds. The van der Waals surface area contributed by atoms with E-state index in [4.69, 9.17) is 4.98 Å². The largest absolute Gasteiger partial charge is 0.319 e. The van der Waals surface area contributed by atoms with Crippen molar-refractivity contribution in [3.05, 3.63) is 236 Å². The molecule has 0 unspecified atom stereocenters. The van der Waals surface area contributed by atoms with Gasteiger partial charge >= 0.3 is 0 Å². The number of pyridine rings is 1. The molecule has 5 heteroatoms. The first kappa shape index (κ1) is 39.0. The van der Waals surface area contributed by atoms with E-state index in [0.29, 0.717) is 0 Å². The summed E-state index contributed by atoms with van der Waals surface area (Å²) >= 11 is 0. The molecule has 300 valence electrons. The van der Waals surface area contributed by atoms with Gasteiger partial charge in [-0.1, -0.05) is 147 Å². The van der Waals surface area contributed by atoms with Crippen molar-refractivity contribution < 1.29 is 21.1 Å². The van der Waals surface area contributed by atoms with Crippen molar-refractivity contribution in [3.63, 3.8) is 0 Å². The normalized spacial score (nSPS) is 11.6. The molecule has 0 fully saturated rings. The summed E-state index contributed by atoms with van der Waals surface area (Å²) in [6.07, 6.45) is 4.11. The quantitative estimate of drug-likeness (QED) is 0.139. The summed E-state index contributed by atoms with van der Waals surface area (Å²) in [6, 6.07) is 78.8. The Balaban J connectivity index is 0.00000458. The fourth-order valence-electron chi connectivity index (χ4n) is 8.98. The molecule has 62 heavy (non-hydrogen) atoms. The number of rotatable bonds is 8. The van der Waals surface area contributed by atoms with Crippen LogP contribution in [0.5, 0.6) is 0 Å². The van der Waals surface area contributed by atoms with Gasteiger partial charge in [-0.3, -0.25) is 0 Å². The van der Waals surface area contributed by atoms with E-state index in [0.717, 1.165) is 61.3 Å². The topological polar surface area (TPSA) is 27.7 Å². The summed E-state index contributed by atoms with van der Waals surface area (Å²) in [7, 11) is 0. The van der Waals surface area contributed by atoms with Crippen molar-refractivity contribution in [1.29, 1.82) is 0 Å². The average Bonchev–Trinajstić information content (AvgIpc) is 3.88. The number of nitrogens with zero attached hydrogens (tertiary/aromatic N) is 4. The monoisotopic (exact) mass is 976 g/mol. The summed E-state index contributed by atoms with van der Waals surface area (Å²) < 4.78 is 6.77. The van der Waals surface area contributed by atoms with Crippen LogP contribution in [0.3, 0.4) is 0 Å². The van der Waals surface area contributed by atoms with Gasteiger partial charge in [-0.15, -0.1) is 23.1 Å². The van der Waals surface area contributed by atoms with E-state index >= 15 is 0 Å². The van der Waals surface area contributed by atoms with E-state index < -0.39 is 5.41 Å². The summed E-state index contributed by atoms with van der Waals surface area (Å²) in [5.41, 5.74) is 15.1. The Bertz CT molecular complexity index is 3330. The number of hydrogen-bond donors (Lipinski definition) is 0. The maximum Gasteiger partial charge on any atom is 0.168 e. The molecule has 0 N–H and O–H groups in total. The van der Waals surface area contributed by atoms with Crippen molar-refractivity contribution in [1.82, 2.24) is 18.7 Å². The van der Waals surface area contributed by atoms with E-state index in [1.165, 1.54) is 33.2 Å². The fraction of sp³-hybridized carbons (Fsp3) is 0.0526. The van der Waals surface area contributed by atoms with Gasteiger partial charge in [0.25, 0.3) is 0 Å². The SMILES string of the molecule is CC(C)(c1[c-]c(-n2[cH+]n(-c3ccccc3)c3ccccc32)ccc1)c1[c-]c2c(cc1)c1ccccc1n2-c1cc(-c2c(-c3ccccc3)cccc2-c2ccccc2)ccn1.[Pt]. The fourth-order valence-corrected chi connectivity index (χ4v) is 8.98. The van der Waals surface area contributed by atoms with Crippen LogP contribution in [0.25, 0.3) is 83.4 Å². The number of benzene rings is 8. The van der Waals surface area contributed by atoms with Gasteiger partial charge in [0.15, 0.2) is 17.4 Å². The minimum absolute atomic E-state index is 0. The molecule has 0 radical (unpaired) electrons. The molecule has 4 nitrogen and oxygen atoms in total. The molecular weight excluding hydrogens is 936 g/mol. The zero-order valence-corrected chi connectivity index (χ0v) is 36.6. The Morgan fingerprint density at radius 2 is 1.06 bits per heavy atom. The van der Waals surface area contributed by atoms with Gasteiger partial charge in [-0.05, 0) is 74.5 Å². The standard InChI is InChI=1S/C57H41N4.Pt/c1-57(2,43-22-16-25-46(37-43)60-39-59(45-23-10-5-11-24-45)52-30-14-15-31-53(52)60)44-32-33-50-49-26-12-13-29-51(49)61(54(50)38-44)55-36-42(34-35-58-55)56-47(40-18-6-3-7-19-40)27-17-28-48(56)41-20-8-4-9-21-41;/h3-36,39H,1-2H3;/q-1;. The summed E-state index contributed by atoms with van der Waals surface area (Å²) in [4.78, 5) is 5.09. The predicted molar refractivity (Wildman–Crippen MR) is 252 cm³/mol. The Hall–Kier alpha value is -7.13. The zero-order chi connectivity index (χ0) is 40.9. The van der Waals surface area contributed by atoms with Crippen LogP contribution in [0.2, 0.25) is 0 Å². The molecule has 0 saturated carbocycles. The third-order valence-corrected chi connectivity index (χ3v) is 12.1. The average molecular weight is 977 g/mol. The number of imidazole rings is 1. The molecule has 0 bridgehead atoms. The van der Waals surface area contributed by atoms with E-state index in [9.17, 15) is 0 Å². The van der Waals surface area contributed by atoms with Crippen LogP contribution in [0, 0.1) is 12.1 Å². The first-order valence-corrected chi connectivity index (χ1v) is 20.8. The number of fused-ring (bicyclic) bond motifs is 4. The Labute approximate surface area is 376 Å². The Morgan fingerprint density at radius 1 is 0.484 bits per heavy atom. The predicted octanol–water partition coefficient (Wildman–Crippen LogP) is 14.1. The van der Waals surface area contributed by atoms with Crippen molar-refractivity contribution in [2.75, 3.05) is 0 Å². The maximum absolute atomic E-state index is 5.09. The van der Waals surface area contributed by atoms with Gasteiger partial charge in [-0.2, -0.15) is 40.5 Å². The molecule has 8 aromatic carbocycles. The van der Waals surface area contributed by atoms with Gasteiger partial charge in [0.2, 0.25) is 0 Å². The van der Waals surface area contributed by atoms with Crippen molar-refractivity contribution in [2.24, 2.45) is 0 Å². The van der Waals surface area contributed by atoms with Gasteiger partial charge in [-0.25, -0.2) is 9.55 Å². The second-order valence-corrected chi connectivity index (χ2v) is 16.1. The molecule has 3 heterocycles. The van der Waals surface area contributed by atoms with Gasteiger partial charge in [0, 0.05) is 50.6 Å². The van der Waals surface area contributed by atoms with Gasteiger partial charge < -0.3 is 4.57 Å². The first-order chi connectivity index (χ1) is 30.0.